The molecule has 1 rings (SSSR count). The first-order chi connectivity index (χ1) is 8.47. The van der Waals surface area contributed by atoms with Crippen molar-refractivity contribution in [3.8, 4) is 5.75 Å². The summed E-state index contributed by atoms with van der Waals surface area (Å²) in [6.45, 7) is 5.61. The average Bonchev–Trinajstić information content (AvgIpc) is 2.32. The third-order valence-electron chi connectivity index (χ3n) is 2.57. The van der Waals surface area contributed by atoms with E-state index in [1.165, 1.54) is 6.07 Å². The van der Waals surface area contributed by atoms with E-state index in [2.05, 4.69) is 10.6 Å². The lowest BCUT2D eigenvalue weighted by molar-refractivity contribution is -0.122. The molecule has 18 heavy (non-hydrogen) atoms. The molecule has 0 aromatic heterocycles. The number of hydrogen-bond acceptors (Lipinski definition) is 3. The van der Waals surface area contributed by atoms with Crippen LogP contribution in [0.1, 0.15) is 29.8 Å². The molecule has 3 N–H and O–H groups in total. The van der Waals surface area contributed by atoms with Crippen molar-refractivity contribution >= 4 is 11.8 Å². The predicted molar refractivity (Wildman–Crippen MR) is 68.5 cm³/mol. The fourth-order valence-corrected chi connectivity index (χ4v) is 1.51. The highest BCUT2D eigenvalue weighted by Crippen LogP contribution is 2.21. The van der Waals surface area contributed by atoms with E-state index >= 15 is 0 Å². The Kier molecular flexibility index (Phi) is 4.71. The van der Waals surface area contributed by atoms with Crippen LogP contribution in [-0.4, -0.2) is 29.5 Å². The molecule has 98 valence electrons. The maximum absolute atomic E-state index is 11.9. The highest BCUT2D eigenvalue weighted by Gasteiger charge is 2.18. The zero-order valence-electron chi connectivity index (χ0n) is 10.8. The van der Waals surface area contributed by atoms with Gasteiger partial charge in [-0.2, -0.15) is 0 Å². The van der Waals surface area contributed by atoms with Crippen LogP contribution in [0.4, 0.5) is 0 Å². The minimum Gasteiger partial charge on any atom is -0.507 e. The zero-order chi connectivity index (χ0) is 13.7. The Hall–Kier alpha value is -2.04. The monoisotopic (exact) mass is 250 g/mol. The molecular weight excluding hydrogens is 232 g/mol. The number of benzene rings is 1. The molecule has 0 aliphatic heterocycles. The van der Waals surface area contributed by atoms with Crippen LogP contribution in [-0.2, 0) is 4.79 Å². The summed E-state index contributed by atoms with van der Waals surface area (Å²) < 4.78 is 0. The van der Waals surface area contributed by atoms with Crippen molar-refractivity contribution in [1.82, 2.24) is 10.6 Å². The Bertz CT molecular complexity index is 458. The number of nitrogens with one attached hydrogen (secondary N) is 2. The van der Waals surface area contributed by atoms with Crippen LogP contribution < -0.4 is 10.6 Å². The number of likely N-dealkylation sites (N-methyl/N-ethyl adjacent to an activating group) is 1. The van der Waals surface area contributed by atoms with E-state index in [0.717, 1.165) is 0 Å². The van der Waals surface area contributed by atoms with Crippen LogP contribution in [0.15, 0.2) is 18.2 Å². The van der Waals surface area contributed by atoms with Crippen LogP contribution in [0.2, 0.25) is 0 Å². The van der Waals surface area contributed by atoms with Gasteiger partial charge in [0.15, 0.2) is 0 Å². The fourth-order valence-electron chi connectivity index (χ4n) is 1.51. The van der Waals surface area contributed by atoms with Gasteiger partial charge >= 0.3 is 0 Å². The molecule has 0 heterocycles. The van der Waals surface area contributed by atoms with Gasteiger partial charge < -0.3 is 15.7 Å². The lowest BCUT2D eigenvalue weighted by Crippen LogP contribution is -2.44. The molecule has 1 aromatic rings. The summed E-state index contributed by atoms with van der Waals surface area (Å²) in [7, 11) is 0. The van der Waals surface area contributed by atoms with Gasteiger partial charge in [-0.15, -0.1) is 0 Å². The van der Waals surface area contributed by atoms with E-state index in [-0.39, 0.29) is 17.2 Å². The number of carbonyl (C=O) groups is 2. The molecule has 0 radical (unpaired) electrons. The summed E-state index contributed by atoms with van der Waals surface area (Å²) in [4.78, 5) is 23.4. The molecule has 2 amide bonds. The normalized spacial score (nSPS) is 11.7. The zero-order valence-corrected chi connectivity index (χ0v) is 10.8. The van der Waals surface area contributed by atoms with Crippen LogP contribution in [0.3, 0.4) is 0 Å². The Balaban J connectivity index is 2.77. The van der Waals surface area contributed by atoms with Crippen molar-refractivity contribution in [2.45, 2.75) is 26.8 Å². The quantitative estimate of drug-likeness (QED) is 0.744. The maximum atomic E-state index is 11.9. The third-order valence-corrected chi connectivity index (χ3v) is 2.57. The number of carbonyl (C=O) groups excluding carboxylic acids is 2. The standard InChI is InChI=1S/C13H18N2O3/c1-4-14-12(17)9(3)15-13(18)10-7-5-6-8(2)11(10)16/h5-7,9,16H,4H2,1-3H3,(H,14,17)(H,15,18). The molecule has 0 aliphatic carbocycles. The summed E-state index contributed by atoms with van der Waals surface area (Å²) in [6.07, 6.45) is 0. The molecule has 0 saturated heterocycles. The van der Waals surface area contributed by atoms with Crippen LogP contribution in [0.5, 0.6) is 5.75 Å². The summed E-state index contributed by atoms with van der Waals surface area (Å²) in [5.74, 6) is -0.772. The van der Waals surface area contributed by atoms with Gasteiger partial charge in [0, 0.05) is 6.54 Å². The van der Waals surface area contributed by atoms with Crippen LogP contribution in [0.25, 0.3) is 0 Å². The molecule has 0 spiro atoms. The van der Waals surface area contributed by atoms with Gasteiger partial charge in [0.1, 0.15) is 11.8 Å². The van der Waals surface area contributed by atoms with E-state index in [0.29, 0.717) is 12.1 Å². The van der Waals surface area contributed by atoms with Crippen molar-refractivity contribution in [3.63, 3.8) is 0 Å². The molecule has 1 unspecified atom stereocenters. The fraction of sp³-hybridized carbons (Fsp3) is 0.385. The highest BCUT2D eigenvalue weighted by atomic mass is 16.3. The average molecular weight is 250 g/mol. The van der Waals surface area contributed by atoms with Gasteiger partial charge in [0.25, 0.3) is 5.91 Å². The number of amides is 2. The number of aryl methyl sites for hydroxylation is 1. The topological polar surface area (TPSA) is 78.4 Å². The predicted octanol–water partition coefficient (Wildman–Crippen LogP) is 0.955. The second-order valence-electron chi connectivity index (χ2n) is 4.06. The number of phenolic OH excluding ortho intramolecular Hbond substituents is 1. The second kappa shape index (κ2) is 6.05. The van der Waals surface area contributed by atoms with Gasteiger partial charge in [0.2, 0.25) is 5.91 Å². The first-order valence-corrected chi connectivity index (χ1v) is 5.84. The van der Waals surface area contributed by atoms with Crippen molar-refractivity contribution < 1.29 is 14.7 Å². The molecular formula is C13H18N2O3. The number of hydrogen-bond donors (Lipinski definition) is 3. The molecule has 0 aliphatic rings. The lowest BCUT2D eigenvalue weighted by atomic mass is 10.1. The summed E-state index contributed by atoms with van der Waals surface area (Å²) in [6, 6.07) is 4.26. The van der Waals surface area contributed by atoms with Gasteiger partial charge in [-0.25, -0.2) is 0 Å². The van der Waals surface area contributed by atoms with Gasteiger partial charge in [-0.1, -0.05) is 12.1 Å². The van der Waals surface area contributed by atoms with Crippen LogP contribution >= 0.6 is 0 Å². The van der Waals surface area contributed by atoms with E-state index in [1.807, 2.05) is 0 Å². The molecule has 5 nitrogen and oxygen atoms in total. The minimum atomic E-state index is -0.641. The molecule has 0 saturated carbocycles. The summed E-state index contributed by atoms with van der Waals surface area (Å²) in [5.41, 5.74) is 0.791. The number of aromatic hydroxyl groups is 1. The number of phenols is 1. The SMILES string of the molecule is CCNC(=O)C(C)NC(=O)c1cccc(C)c1O. The molecule has 0 fully saturated rings. The Labute approximate surface area is 106 Å². The summed E-state index contributed by atoms with van der Waals surface area (Å²) >= 11 is 0. The van der Waals surface area contributed by atoms with Crippen LogP contribution in [0, 0.1) is 6.92 Å². The summed E-state index contributed by atoms with van der Waals surface area (Å²) in [5, 5.41) is 14.9. The molecule has 1 aromatic carbocycles. The Morgan fingerprint density at radius 2 is 2.06 bits per heavy atom. The highest BCUT2D eigenvalue weighted by molar-refractivity contribution is 5.99. The second-order valence-corrected chi connectivity index (χ2v) is 4.06. The van der Waals surface area contributed by atoms with Gasteiger partial charge in [-0.05, 0) is 32.4 Å². The Morgan fingerprint density at radius 1 is 1.39 bits per heavy atom. The first-order valence-electron chi connectivity index (χ1n) is 5.84. The molecule has 1 atom stereocenters. The largest absolute Gasteiger partial charge is 0.507 e. The smallest absolute Gasteiger partial charge is 0.255 e. The van der Waals surface area contributed by atoms with Crippen molar-refractivity contribution in [2.24, 2.45) is 0 Å². The minimum absolute atomic E-state index is 0.0573. The molecule has 0 bridgehead atoms. The van der Waals surface area contributed by atoms with Crippen molar-refractivity contribution in [1.29, 1.82) is 0 Å². The van der Waals surface area contributed by atoms with Gasteiger partial charge in [-0.3, -0.25) is 9.59 Å². The van der Waals surface area contributed by atoms with E-state index in [4.69, 9.17) is 0 Å². The van der Waals surface area contributed by atoms with E-state index < -0.39 is 11.9 Å². The van der Waals surface area contributed by atoms with E-state index in [1.54, 1.807) is 32.9 Å². The third kappa shape index (κ3) is 3.23. The number of para-hydroxylation sites is 1. The number of rotatable bonds is 4. The maximum Gasteiger partial charge on any atom is 0.255 e. The first kappa shape index (κ1) is 14.0. The Morgan fingerprint density at radius 3 is 2.67 bits per heavy atom. The molecule has 5 heteroatoms. The van der Waals surface area contributed by atoms with E-state index in [9.17, 15) is 14.7 Å². The van der Waals surface area contributed by atoms with Crippen molar-refractivity contribution in [3.05, 3.63) is 29.3 Å². The van der Waals surface area contributed by atoms with Gasteiger partial charge in [0.05, 0.1) is 5.56 Å². The lowest BCUT2D eigenvalue weighted by Gasteiger charge is -2.14. The van der Waals surface area contributed by atoms with Crippen molar-refractivity contribution in [2.75, 3.05) is 6.54 Å².